The number of hydrogen-bond acceptors (Lipinski definition) is 4. The Morgan fingerprint density at radius 3 is 2.13 bits per heavy atom. The number of nitrogens with zero attached hydrogens (tertiary/aromatic N) is 1. The fraction of sp³-hybridized carbons (Fsp3) is 0.850. The first-order valence-electron chi connectivity index (χ1n) is 19.4. The number of alkyl halides is 1. The van der Waals surface area contributed by atoms with Gasteiger partial charge in [0.1, 0.15) is 0 Å². The van der Waals surface area contributed by atoms with Crippen molar-refractivity contribution < 1.29 is 28.7 Å². The number of halogens is 1. The number of ketones is 1. The third-order valence-electron chi connectivity index (χ3n) is 13.6. The largest absolute Gasteiger partial charge is 0.390 e. The van der Waals surface area contributed by atoms with Gasteiger partial charge in [-0.15, -0.1) is 0 Å². The van der Waals surface area contributed by atoms with Crippen molar-refractivity contribution in [3.05, 3.63) is 23.8 Å². The van der Waals surface area contributed by atoms with E-state index in [1.807, 2.05) is 20.8 Å². The summed E-state index contributed by atoms with van der Waals surface area (Å²) >= 11 is 0. The van der Waals surface area contributed by atoms with Crippen LogP contribution >= 0.6 is 0 Å². The van der Waals surface area contributed by atoms with Gasteiger partial charge in [0.25, 0.3) is 5.91 Å². The Morgan fingerprint density at radius 1 is 0.957 bits per heavy atom. The van der Waals surface area contributed by atoms with Crippen molar-refractivity contribution in [1.29, 1.82) is 0 Å². The van der Waals surface area contributed by atoms with Crippen LogP contribution in [0.5, 0.6) is 0 Å². The number of allylic oxidation sites excluding steroid dienone is 4. The van der Waals surface area contributed by atoms with Crippen LogP contribution in [-0.4, -0.2) is 77.0 Å². The van der Waals surface area contributed by atoms with Gasteiger partial charge in [-0.3, -0.25) is 9.59 Å². The molecule has 4 rings (SSSR count). The number of rotatable bonds is 18. The second-order valence-electron chi connectivity index (χ2n) is 16.7. The lowest BCUT2D eigenvalue weighted by Crippen LogP contribution is -2.70. The maximum Gasteiger partial charge on any atom is 0.253 e. The molecule has 268 valence electrons. The minimum atomic E-state index is -1.97. The predicted molar refractivity (Wildman–Crippen MR) is 188 cm³/mol. The summed E-state index contributed by atoms with van der Waals surface area (Å²) in [6.45, 7) is 13.6. The van der Waals surface area contributed by atoms with Gasteiger partial charge in [0, 0.05) is 16.7 Å². The SMILES string of the molecule is CCCCCCCC[N+](C)(CCCCCCCC)CCNC(=O)[C@@]1(O)[C@H](C)C[C@H]2[C@@H]3CCC4=CC(=O)C=C[C@]4(C)[C@@]3(F)[C@@H](O)C[C@@]21C. The van der Waals surface area contributed by atoms with Crippen LogP contribution in [0.3, 0.4) is 0 Å². The minimum Gasteiger partial charge on any atom is -0.390 e. The van der Waals surface area contributed by atoms with Crippen LogP contribution < -0.4 is 5.32 Å². The van der Waals surface area contributed by atoms with E-state index < -0.39 is 34.1 Å². The molecule has 0 aromatic carbocycles. The summed E-state index contributed by atoms with van der Waals surface area (Å²) in [5, 5.41) is 27.2. The first-order valence-corrected chi connectivity index (χ1v) is 19.4. The molecule has 0 radical (unpaired) electrons. The minimum absolute atomic E-state index is 0.00736. The van der Waals surface area contributed by atoms with E-state index >= 15 is 4.39 Å². The summed E-state index contributed by atoms with van der Waals surface area (Å²) in [6, 6.07) is 0. The van der Waals surface area contributed by atoms with Gasteiger partial charge in [-0.2, -0.15) is 0 Å². The highest BCUT2D eigenvalue weighted by atomic mass is 19.1. The number of hydrogen-bond donors (Lipinski definition) is 3. The van der Waals surface area contributed by atoms with E-state index in [0.29, 0.717) is 25.8 Å². The number of aliphatic hydroxyl groups is 2. The molecule has 4 aliphatic carbocycles. The Balaban J connectivity index is 1.43. The molecule has 3 saturated carbocycles. The molecule has 0 heterocycles. The summed E-state index contributed by atoms with van der Waals surface area (Å²) in [5.41, 5.74) is -4.96. The van der Waals surface area contributed by atoms with E-state index in [0.717, 1.165) is 29.7 Å². The molecule has 6 nitrogen and oxygen atoms in total. The molecule has 47 heavy (non-hydrogen) atoms. The number of amides is 1. The zero-order valence-electron chi connectivity index (χ0n) is 30.7. The molecule has 1 amide bonds. The molecular weight excluding hydrogens is 591 g/mol. The third kappa shape index (κ3) is 7.20. The van der Waals surface area contributed by atoms with Gasteiger partial charge in [0.05, 0.1) is 39.3 Å². The molecule has 0 aromatic heterocycles. The lowest BCUT2D eigenvalue weighted by Gasteiger charge is -2.62. The monoisotopic (exact) mass is 660 g/mol. The van der Waals surface area contributed by atoms with Crippen LogP contribution in [0.1, 0.15) is 137 Å². The van der Waals surface area contributed by atoms with Crippen LogP contribution in [0.25, 0.3) is 0 Å². The fourth-order valence-corrected chi connectivity index (χ4v) is 10.5. The number of carbonyl (C=O) groups excluding carboxylic acids is 2. The molecule has 7 heteroatoms. The first kappa shape index (κ1) is 38.2. The van der Waals surface area contributed by atoms with Crippen LogP contribution in [0.15, 0.2) is 23.8 Å². The van der Waals surface area contributed by atoms with Gasteiger partial charge in [-0.05, 0) is 82.3 Å². The lowest BCUT2D eigenvalue weighted by atomic mass is 9.44. The molecule has 3 N–H and O–H groups in total. The van der Waals surface area contributed by atoms with E-state index in [4.69, 9.17) is 0 Å². The average molecular weight is 660 g/mol. The summed E-state index contributed by atoms with van der Waals surface area (Å²) in [5.74, 6) is -1.65. The number of likely N-dealkylation sites (N-methyl/N-ethyl adjacent to an activating group) is 1. The van der Waals surface area contributed by atoms with Crippen molar-refractivity contribution in [3.63, 3.8) is 0 Å². The van der Waals surface area contributed by atoms with E-state index in [1.54, 1.807) is 12.2 Å². The highest BCUT2D eigenvalue weighted by Gasteiger charge is 2.75. The van der Waals surface area contributed by atoms with Gasteiger partial charge in [-0.1, -0.05) is 90.7 Å². The zero-order valence-corrected chi connectivity index (χ0v) is 30.7. The number of fused-ring (bicyclic) bond motifs is 5. The Hall–Kier alpha value is -1.57. The highest BCUT2D eigenvalue weighted by Crippen LogP contribution is 2.70. The van der Waals surface area contributed by atoms with Crippen LogP contribution in [-0.2, 0) is 9.59 Å². The van der Waals surface area contributed by atoms with Gasteiger partial charge in [0.2, 0.25) is 0 Å². The molecule has 0 aliphatic heterocycles. The van der Waals surface area contributed by atoms with Crippen molar-refractivity contribution in [2.45, 2.75) is 155 Å². The normalized spacial score (nSPS) is 36.4. The fourth-order valence-electron chi connectivity index (χ4n) is 10.5. The molecule has 0 bridgehead atoms. The summed E-state index contributed by atoms with van der Waals surface area (Å²) < 4.78 is 18.4. The standard InChI is InChI=1S/C40H67FN2O4/c1-7-9-11-13-15-17-24-43(6,25-18-16-14-12-10-8-2)26-23-42-36(46)40(47)30(3)27-34-33-20-19-31-28-32(44)21-22-37(31,4)39(33,41)35(45)29-38(34,40)5/h21-22,28,30,33-35,45,47H,7-20,23-27,29H2,1-6H3/p+1/t30-,33+,34+,35+,37+,38+,39+,40+/m1/s1. The molecular formula is C40H68FN2O4+. The van der Waals surface area contributed by atoms with Gasteiger partial charge in [0.15, 0.2) is 17.1 Å². The van der Waals surface area contributed by atoms with Gasteiger partial charge < -0.3 is 20.0 Å². The molecule has 0 unspecified atom stereocenters. The van der Waals surface area contributed by atoms with Gasteiger partial charge >= 0.3 is 0 Å². The second-order valence-corrected chi connectivity index (χ2v) is 16.7. The maximum absolute atomic E-state index is 17.5. The van der Waals surface area contributed by atoms with E-state index in [2.05, 4.69) is 26.2 Å². The van der Waals surface area contributed by atoms with Crippen molar-refractivity contribution in [2.24, 2.45) is 28.6 Å². The second kappa shape index (κ2) is 15.5. The van der Waals surface area contributed by atoms with Crippen molar-refractivity contribution >= 4 is 11.7 Å². The Labute approximate surface area is 285 Å². The summed E-state index contributed by atoms with van der Waals surface area (Å²) in [6.07, 6.45) is 20.0. The quantitative estimate of drug-likeness (QED) is 0.104. The molecule has 8 atom stereocenters. The third-order valence-corrected chi connectivity index (χ3v) is 13.6. The topological polar surface area (TPSA) is 86.6 Å². The van der Waals surface area contributed by atoms with Crippen molar-refractivity contribution in [2.75, 3.05) is 33.2 Å². The highest BCUT2D eigenvalue weighted by molar-refractivity contribution is 6.01. The molecule has 3 fully saturated rings. The van der Waals surface area contributed by atoms with Crippen molar-refractivity contribution in [3.8, 4) is 0 Å². The van der Waals surface area contributed by atoms with Crippen molar-refractivity contribution in [1.82, 2.24) is 5.32 Å². The molecule has 0 spiro atoms. The van der Waals surface area contributed by atoms with Crippen LogP contribution in [0, 0.1) is 28.6 Å². The summed E-state index contributed by atoms with van der Waals surface area (Å²) in [4.78, 5) is 26.3. The van der Waals surface area contributed by atoms with Crippen LogP contribution in [0.2, 0.25) is 0 Å². The summed E-state index contributed by atoms with van der Waals surface area (Å²) in [7, 11) is 2.33. The van der Waals surface area contributed by atoms with E-state index in [1.165, 1.54) is 83.1 Å². The number of carbonyl (C=O) groups is 2. The Kier molecular flexibility index (Phi) is 12.6. The maximum atomic E-state index is 17.5. The van der Waals surface area contributed by atoms with E-state index in [9.17, 15) is 19.8 Å². The average Bonchev–Trinajstić information content (AvgIpc) is 3.23. The molecule has 0 aromatic rings. The number of unbranched alkanes of at least 4 members (excludes halogenated alkanes) is 10. The van der Waals surface area contributed by atoms with E-state index in [-0.39, 0.29) is 29.9 Å². The molecule has 4 aliphatic rings. The number of aliphatic hydroxyl groups excluding tert-OH is 1. The van der Waals surface area contributed by atoms with Gasteiger partial charge in [-0.25, -0.2) is 4.39 Å². The smallest absolute Gasteiger partial charge is 0.253 e. The predicted octanol–water partition coefficient (Wildman–Crippen LogP) is 7.62. The molecule has 0 saturated heterocycles. The van der Waals surface area contributed by atoms with Crippen LogP contribution in [0.4, 0.5) is 4.39 Å². The zero-order chi connectivity index (χ0) is 34.5. The Morgan fingerprint density at radius 2 is 1.53 bits per heavy atom. The number of nitrogens with one attached hydrogen (secondary N) is 1. The first-order chi connectivity index (χ1) is 22.2. The Bertz CT molecular complexity index is 1140. The lowest BCUT2D eigenvalue weighted by molar-refractivity contribution is -0.908. The number of quaternary nitrogens is 1.